The van der Waals surface area contributed by atoms with Crippen molar-refractivity contribution in [1.82, 2.24) is 9.80 Å². The van der Waals surface area contributed by atoms with E-state index >= 15 is 0 Å². The first-order chi connectivity index (χ1) is 14.2. The van der Waals surface area contributed by atoms with Gasteiger partial charge in [0.15, 0.2) is 0 Å². The third-order valence-corrected chi connectivity index (χ3v) is 6.51. The maximum absolute atomic E-state index is 13.1. The van der Waals surface area contributed by atoms with Crippen LogP contribution in [0.15, 0.2) is 54.6 Å². The maximum atomic E-state index is 13.1. The quantitative estimate of drug-likeness (QED) is 0.741. The van der Waals surface area contributed by atoms with E-state index in [1.54, 1.807) is 7.11 Å². The van der Waals surface area contributed by atoms with Crippen LogP contribution in [0, 0.1) is 0 Å². The number of amides is 2. The monoisotopic (exact) mass is 392 g/mol. The summed E-state index contributed by atoms with van der Waals surface area (Å²) in [5, 5.41) is 0. The largest absolute Gasteiger partial charge is 0.384 e. The van der Waals surface area contributed by atoms with E-state index in [4.69, 9.17) is 4.74 Å². The van der Waals surface area contributed by atoms with E-state index in [0.717, 1.165) is 58.5 Å². The van der Waals surface area contributed by atoms with E-state index in [2.05, 4.69) is 64.4 Å². The summed E-state index contributed by atoms with van der Waals surface area (Å²) < 4.78 is 5.20. The van der Waals surface area contributed by atoms with E-state index in [1.165, 1.54) is 16.7 Å². The molecule has 154 valence electrons. The smallest absolute Gasteiger partial charge is 0.320 e. The topological polar surface area (TPSA) is 32.8 Å². The third kappa shape index (κ3) is 4.81. The average Bonchev–Trinajstić information content (AvgIpc) is 3.28. The van der Waals surface area contributed by atoms with Crippen molar-refractivity contribution in [3.05, 3.63) is 71.3 Å². The molecule has 2 aliphatic rings. The summed E-state index contributed by atoms with van der Waals surface area (Å²) in [6, 6.07) is 19.8. The van der Waals surface area contributed by atoms with Crippen LogP contribution in [0.5, 0.6) is 0 Å². The molecule has 2 fully saturated rings. The number of carbonyl (C=O) groups is 1. The summed E-state index contributed by atoms with van der Waals surface area (Å²) in [4.78, 5) is 17.2. The molecule has 0 aliphatic carbocycles. The van der Waals surface area contributed by atoms with Crippen LogP contribution < -0.4 is 0 Å². The first-order valence-corrected chi connectivity index (χ1v) is 10.9. The maximum Gasteiger partial charge on any atom is 0.320 e. The van der Waals surface area contributed by atoms with Gasteiger partial charge in [-0.05, 0) is 48.3 Å². The number of nitrogens with zero attached hydrogens (tertiary/aromatic N) is 2. The molecule has 0 aromatic heterocycles. The molecule has 0 bridgehead atoms. The molecule has 2 aromatic carbocycles. The van der Waals surface area contributed by atoms with Gasteiger partial charge in [-0.15, -0.1) is 0 Å². The second kappa shape index (κ2) is 9.45. The Balaban J connectivity index is 1.31. The summed E-state index contributed by atoms with van der Waals surface area (Å²) in [7, 11) is 1.74. The molecule has 4 rings (SSSR count). The number of carbonyl (C=O) groups excluding carboxylic acids is 1. The number of hydrogen-bond acceptors (Lipinski definition) is 2. The van der Waals surface area contributed by atoms with Gasteiger partial charge >= 0.3 is 6.03 Å². The fourth-order valence-corrected chi connectivity index (χ4v) is 4.76. The number of ether oxygens (including phenoxy) is 1. The van der Waals surface area contributed by atoms with E-state index in [0.29, 0.717) is 11.8 Å². The highest BCUT2D eigenvalue weighted by Crippen LogP contribution is 2.31. The van der Waals surface area contributed by atoms with Gasteiger partial charge in [-0.25, -0.2) is 4.79 Å². The van der Waals surface area contributed by atoms with Crippen LogP contribution in [0.2, 0.25) is 0 Å². The summed E-state index contributed by atoms with van der Waals surface area (Å²) in [6.45, 7) is 4.19. The zero-order valence-electron chi connectivity index (χ0n) is 17.4. The number of methoxy groups -OCH3 is 1. The summed E-state index contributed by atoms with van der Waals surface area (Å²) in [5.41, 5.74) is 4.09. The molecule has 2 aromatic rings. The number of rotatable bonds is 5. The lowest BCUT2D eigenvalue weighted by atomic mass is 9.89. The fraction of sp³-hybridized carbons (Fsp3) is 0.480. The van der Waals surface area contributed by atoms with Crippen LogP contribution in [0.4, 0.5) is 4.79 Å². The molecule has 0 saturated carbocycles. The van der Waals surface area contributed by atoms with Gasteiger partial charge in [0.05, 0.1) is 6.61 Å². The van der Waals surface area contributed by atoms with Gasteiger partial charge in [0, 0.05) is 39.2 Å². The highest BCUT2D eigenvalue weighted by atomic mass is 16.5. The van der Waals surface area contributed by atoms with Crippen molar-refractivity contribution in [1.29, 1.82) is 0 Å². The van der Waals surface area contributed by atoms with Crippen molar-refractivity contribution in [2.75, 3.05) is 39.9 Å². The Bertz CT molecular complexity index is 799. The summed E-state index contributed by atoms with van der Waals surface area (Å²) >= 11 is 0. The number of likely N-dealkylation sites (tertiary alicyclic amines) is 2. The Labute approximate surface area is 174 Å². The van der Waals surface area contributed by atoms with Crippen molar-refractivity contribution in [2.45, 2.75) is 37.5 Å². The van der Waals surface area contributed by atoms with Crippen LogP contribution in [0.25, 0.3) is 0 Å². The highest BCUT2D eigenvalue weighted by molar-refractivity contribution is 5.75. The first kappa shape index (κ1) is 20.0. The van der Waals surface area contributed by atoms with Gasteiger partial charge in [-0.3, -0.25) is 0 Å². The van der Waals surface area contributed by atoms with Crippen LogP contribution in [0.1, 0.15) is 47.8 Å². The molecule has 2 amide bonds. The molecule has 0 unspecified atom stereocenters. The number of benzene rings is 2. The van der Waals surface area contributed by atoms with Crippen molar-refractivity contribution in [2.24, 2.45) is 0 Å². The van der Waals surface area contributed by atoms with Crippen LogP contribution >= 0.6 is 0 Å². The predicted molar refractivity (Wildman–Crippen MR) is 116 cm³/mol. The second-order valence-corrected chi connectivity index (χ2v) is 8.37. The van der Waals surface area contributed by atoms with Gasteiger partial charge in [-0.1, -0.05) is 54.6 Å². The van der Waals surface area contributed by atoms with Crippen LogP contribution in [0.3, 0.4) is 0 Å². The molecule has 1 atom stereocenters. The Kier molecular flexibility index (Phi) is 6.50. The zero-order chi connectivity index (χ0) is 20.1. The van der Waals surface area contributed by atoms with E-state index in [1.807, 2.05) is 0 Å². The van der Waals surface area contributed by atoms with Crippen molar-refractivity contribution in [3.63, 3.8) is 0 Å². The lowest BCUT2D eigenvalue weighted by molar-refractivity contribution is 0.148. The van der Waals surface area contributed by atoms with Gasteiger partial charge in [0.25, 0.3) is 0 Å². The SMILES string of the molecule is COCCc1cccc([C@H]2CCN(C(=O)N3CCC(c4ccccc4)CC3)C2)c1. The standard InChI is InChI=1S/C25H32N2O2/c1-29-17-13-20-6-5-9-23(18-20)24-12-16-27(19-24)25(28)26-14-10-22(11-15-26)21-7-3-2-4-8-21/h2-9,18,22,24H,10-17,19H2,1H3/t24-/m0/s1. The summed E-state index contributed by atoms with van der Waals surface area (Å²) in [6.07, 6.45) is 4.12. The minimum absolute atomic E-state index is 0.231. The molecule has 0 N–H and O–H groups in total. The van der Waals surface area contributed by atoms with Crippen molar-refractivity contribution < 1.29 is 9.53 Å². The van der Waals surface area contributed by atoms with Gasteiger partial charge in [0.1, 0.15) is 0 Å². The average molecular weight is 393 g/mol. The Morgan fingerprint density at radius 3 is 2.34 bits per heavy atom. The molecule has 2 heterocycles. The predicted octanol–water partition coefficient (Wildman–Crippen LogP) is 4.66. The molecule has 4 nitrogen and oxygen atoms in total. The minimum Gasteiger partial charge on any atom is -0.384 e. The summed E-state index contributed by atoms with van der Waals surface area (Å²) in [5.74, 6) is 1.03. The van der Waals surface area contributed by atoms with Crippen molar-refractivity contribution in [3.8, 4) is 0 Å². The first-order valence-electron chi connectivity index (χ1n) is 10.9. The minimum atomic E-state index is 0.231. The normalized spacial score (nSPS) is 20.2. The molecular formula is C25H32N2O2. The Hall–Kier alpha value is -2.33. The van der Waals surface area contributed by atoms with E-state index in [9.17, 15) is 4.79 Å². The highest BCUT2D eigenvalue weighted by Gasteiger charge is 2.32. The Morgan fingerprint density at radius 2 is 1.59 bits per heavy atom. The van der Waals surface area contributed by atoms with Crippen molar-refractivity contribution >= 4 is 6.03 Å². The van der Waals surface area contributed by atoms with Crippen LogP contribution in [-0.4, -0.2) is 55.7 Å². The third-order valence-electron chi connectivity index (χ3n) is 6.51. The molecule has 2 saturated heterocycles. The number of hydrogen-bond donors (Lipinski definition) is 0. The molecule has 4 heteroatoms. The lowest BCUT2D eigenvalue weighted by Crippen LogP contribution is -2.45. The fourth-order valence-electron chi connectivity index (χ4n) is 4.76. The zero-order valence-corrected chi connectivity index (χ0v) is 17.4. The van der Waals surface area contributed by atoms with Gasteiger partial charge in [0.2, 0.25) is 0 Å². The van der Waals surface area contributed by atoms with E-state index in [-0.39, 0.29) is 6.03 Å². The number of urea groups is 1. The van der Waals surface area contributed by atoms with Crippen LogP contribution in [-0.2, 0) is 11.2 Å². The van der Waals surface area contributed by atoms with Gasteiger partial charge in [-0.2, -0.15) is 0 Å². The molecule has 0 radical (unpaired) electrons. The lowest BCUT2D eigenvalue weighted by Gasteiger charge is -2.34. The molecule has 0 spiro atoms. The number of piperidine rings is 1. The van der Waals surface area contributed by atoms with Gasteiger partial charge < -0.3 is 14.5 Å². The second-order valence-electron chi connectivity index (χ2n) is 8.37. The Morgan fingerprint density at radius 1 is 0.897 bits per heavy atom. The van der Waals surface area contributed by atoms with E-state index < -0.39 is 0 Å². The molecular weight excluding hydrogens is 360 g/mol. The molecule has 2 aliphatic heterocycles. The molecule has 29 heavy (non-hydrogen) atoms.